The van der Waals surface area contributed by atoms with E-state index < -0.39 is 0 Å². The van der Waals surface area contributed by atoms with Crippen LogP contribution >= 0.6 is 0 Å². The molecule has 0 amide bonds. The topological polar surface area (TPSA) is 39.5 Å². The molecule has 134 valence electrons. The molecule has 1 spiro atoms. The molecule has 5 nitrogen and oxygen atoms in total. The highest BCUT2D eigenvalue weighted by Crippen LogP contribution is 2.42. The van der Waals surface area contributed by atoms with Gasteiger partial charge in [0.05, 0.1) is 25.5 Å². The lowest BCUT2D eigenvalue weighted by Crippen LogP contribution is -2.43. The molecule has 4 rings (SSSR count). The Labute approximate surface area is 149 Å². The number of hydrogen-bond acceptors (Lipinski definition) is 4. The number of aryl methyl sites for hydroxylation is 1. The first-order valence-corrected chi connectivity index (χ1v) is 9.14. The Bertz CT molecular complexity index is 702. The molecule has 3 heterocycles. The van der Waals surface area contributed by atoms with E-state index >= 15 is 0 Å². The van der Waals surface area contributed by atoms with Crippen molar-refractivity contribution in [1.82, 2.24) is 14.7 Å². The van der Waals surface area contributed by atoms with Gasteiger partial charge in [0.1, 0.15) is 5.75 Å². The zero-order valence-electron chi connectivity index (χ0n) is 15.1. The Balaban J connectivity index is 1.32. The number of hydrogen-bond donors (Lipinski definition) is 0. The lowest BCUT2D eigenvalue weighted by atomic mass is 9.84. The SMILES string of the molecule is COc1ccc(CN2CCC3(CC2)C[C@H](c2cnn(C)c2)CO3)cc1. The van der Waals surface area contributed by atoms with E-state index in [2.05, 4.69) is 28.3 Å². The fraction of sp³-hybridized carbons (Fsp3) is 0.550. The monoisotopic (exact) mass is 341 g/mol. The summed E-state index contributed by atoms with van der Waals surface area (Å²) in [5, 5.41) is 4.31. The second kappa shape index (κ2) is 6.81. The normalized spacial score (nSPS) is 23.2. The molecule has 2 aliphatic rings. The van der Waals surface area contributed by atoms with Crippen LogP contribution in [0.25, 0.3) is 0 Å². The molecule has 0 aliphatic carbocycles. The Kier molecular flexibility index (Phi) is 4.52. The van der Waals surface area contributed by atoms with E-state index in [1.807, 2.05) is 30.1 Å². The van der Waals surface area contributed by atoms with Gasteiger partial charge >= 0.3 is 0 Å². The summed E-state index contributed by atoms with van der Waals surface area (Å²) < 4.78 is 13.4. The van der Waals surface area contributed by atoms with E-state index in [4.69, 9.17) is 9.47 Å². The Morgan fingerprint density at radius 3 is 2.64 bits per heavy atom. The van der Waals surface area contributed by atoms with Crippen molar-refractivity contribution in [3.05, 3.63) is 47.8 Å². The van der Waals surface area contributed by atoms with Crippen molar-refractivity contribution >= 4 is 0 Å². The summed E-state index contributed by atoms with van der Waals surface area (Å²) in [6.45, 7) is 4.05. The summed E-state index contributed by atoms with van der Waals surface area (Å²) in [6, 6.07) is 8.40. The van der Waals surface area contributed by atoms with Crippen molar-refractivity contribution in [1.29, 1.82) is 0 Å². The molecule has 1 aromatic heterocycles. The standard InChI is InChI=1S/C20H27N3O2/c1-22-14-18(12-21-22)17-11-20(25-15-17)7-9-23(10-8-20)13-16-3-5-19(24-2)6-4-16/h3-6,12,14,17H,7-11,13,15H2,1-2H3/t17-/m0/s1. The molecule has 2 aromatic rings. The number of methoxy groups -OCH3 is 1. The summed E-state index contributed by atoms with van der Waals surface area (Å²) in [7, 11) is 3.69. The number of nitrogens with zero attached hydrogens (tertiary/aromatic N) is 3. The van der Waals surface area contributed by atoms with Gasteiger partial charge in [-0.25, -0.2) is 0 Å². The third-order valence-electron chi connectivity index (χ3n) is 5.74. The van der Waals surface area contributed by atoms with Crippen LogP contribution in [0, 0.1) is 0 Å². The van der Waals surface area contributed by atoms with Crippen molar-refractivity contribution < 1.29 is 9.47 Å². The van der Waals surface area contributed by atoms with Gasteiger partial charge in [-0.3, -0.25) is 9.58 Å². The zero-order valence-corrected chi connectivity index (χ0v) is 15.1. The molecule has 0 bridgehead atoms. The predicted octanol–water partition coefficient (Wildman–Crippen LogP) is 2.97. The molecule has 0 radical (unpaired) electrons. The van der Waals surface area contributed by atoms with Crippen molar-refractivity contribution in [3.8, 4) is 5.75 Å². The van der Waals surface area contributed by atoms with E-state index in [1.54, 1.807) is 7.11 Å². The van der Waals surface area contributed by atoms with Crippen LogP contribution in [0.5, 0.6) is 5.75 Å². The summed E-state index contributed by atoms with van der Waals surface area (Å²) in [6.07, 6.45) is 7.51. The molecule has 2 saturated heterocycles. The van der Waals surface area contributed by atoms with Crippen molar-refractivity contribution in [2.75, 3.05) is 26.8 Å². The number of ether oxygens (including phenoxy) is 2. The van der Waals surface area contributed by atoms with Gasteiger partial charge < -0.3 is 9.47 Å². The van der Waals surface area contributed by atoms with Gasteiger partial charge in [0.2, 0.25) is 0 Å². The lowest BCUT2D eigenvalue weighted by molar-refractivity contribution is -0.0448. The molecule has 0 N–H and O–H groups in total. The van der Waals surface area contributed by atoms with Gasteiger partial charge in [-0.15, -0.1) is 0 Å². The quantitative estimate of drug-likeness (QED) is 0.857. The Morgan fingerprint density at radius 2 is 2.00 bits per heavy atom. The molecule has 25 heavy (non-hydrogen) atoms. The van der Waals surface area contributed by atoms with Crippen LogP contribution in [0.4, 0.5) is 0 Å². The number of piperidine rings is 1. The van der Waals surface area contributed by atoms with Crippen LogP contribution in [0.2, 0.25) is 0 Å². The number of likely N-dealkylation sites (tertiary alicyclic amines) is 1. The number of aromatic nitrogens is 2. The molecule has 2 fully saturated rings. The minimum Gasteiger partial charge on any atom is -0.497 e. The third-order valence-corrected chi connectivity index (χ3v) is 5.74. The highest BCUT2D eigenvalue weighted by Gasteiger charge is 2.43. The molecule has 1 atom stereocenters. The van der Waals surface area contributed by atoms with E-state index in [0.29, 0.717) is 5.92 Å². The van der Waals surface area contributed by atoms with E-state index in [1.165, 1.54) is 11.1 Å². The largest absolute Gasteiger partial charge is 0.497 e. The first kappa shape index (κ1) is 16.6. The van der Waals surface area contributed by atoms with Crippen LogP contribution in [0.3, 0.4) is 0 Å². The fourth-order valence-corrected chi connectivity index (χ4v) is 4.17. The van der Waals surface area contributed by atoms with E-state index in [0.717, 1.165) is 51.3 Å². The molecular weight excluding hydrogens is 314 g/mol. The molecule has 5 heteroatoms. The maximum absolute atomic E-state index is 6.31. The van der Waals surface area contributed by atoms with Crippen LogP contribution in [0.15, 0.2) is 36.7 Å². The summed E-state index contributed by atoms with van der Waals surface area (Å²) >= 11 is 0. The van der Waals surface area contributed by atoms with Gasteiger partial charge in [0, 0.05) is 38.8 Å². The fourth-order valence-electron chi connectivity index (χ4n) is 4.17. The van der Waals surface area contributed by atoms with Gasteiger partial charge in [0.25, 0.3) is 0 Å². The van der Waals surface area contributed by atoms with Crippen LogP contribution in [-0.4, -0.2) is 47.1 Å². The summed E-state index contributed by atoms with van der Waals surface area (Å²) in [4.78, 5) is 2.54. The maximum Gasteiger partial charge on any atom is 0.118 e. The van der Waals surface area contributed by atoms with E-state index in [9.17, 15) is 0 Å². The predicted molar refractivity (Wildman–Crippen MR) is 96.8 cm³/mol. The molecule has 0 saturated carbocycles. The Hall–Kier alpha value is -1.85. The van der Waals surface area contributed by atoms with E-state index in [-0.39, 0.29) is 5.60 Å². The van der Waals surface area contributed by atoms with Crippen LogP contribution in [0.1, 0.15) is 36.3 Å². The van der Waals surface area contributed by atoms with Gasteiger partial charge in [-0.2, -0.15) is 5.10 Å². The average Bonchev–Trinajstić information content (AvgIpc) is 3.25. The first-order valence-electron chi connectivity index (χ1n) is 9.14. The summed E-state index contributed by atoms with van der Waals surface area (Å²) in [5.41, 5.74) is 2.74. The second-order valence-corrected chi connectivity index (χ2v) is 7.47. The first-order chi connectivity index (χ1) is 12.2. The maximum atomic E-state index is 6.31. The minimum atomic E-state index is 0.0803. The number of benzene rings is 1. The third kappa shape index (κ3) is 3.58. The molecule has 0 unspecified atom stereocenters. The van der Waals surface area contributed by atoms with Crippen molar-refractivity contribution in [3.63, 3.8) is 0 Å². The van der Waals surface area contributed by atoms with Crippen LogP contribution in [-0.2, 0) is 18.3 Å². The highest BCUT2D eigenvalue weighted by atomic mass is 16.5. The van der Waals surface area contributed by atoms with Gasteiger partial charge in [-0.05, 0) is 42.5 Å². The van der Waals surface area contributed by atoms with Crippen molar-refractivity contribution in [2.24, 2.45) is 7.05 Å². The molecule has 1 aromatic carbocycles. The highest BCUT2D eigenvalue weighted by molar-refractivity contribution is 5.27. The zero-order chi connectivity index (χ0) is 17.3. The average molecular weight is 341 g/mol. The number of rotatable bonds is 4. The Morgan fingerprint density at radius 1 is 1.24 bits per heavy atom. The molecular formula is C20H27N3O2. The van der Waals surface area contributed by atoms with Crippen molar-refractivity contribution in [2.45, 2.75) is 37.3 Å². The van der Waals surface area contributed by atoms with Crippen LogP contribution < -0.4 is 4.74 Å². The smallest absolute Gasteiger partial charge is 0.118 e. The second-order valence-electron chi connectivity index (χ2n) is 7.47. The minimum absolute atomic E-state index is 0.0803. The van der Waals surface area contributed by atoms with Gasteiger partial charge in [0.15, 0.2) is 0 Å². The lowest BCUT2D eigenvalue weighted by Gasteiger charge is -2.38. The summed E-state index contributed by atoms with van der Waals surface area (Å²) in [5.74, 6) is 1.42. The van der Waals surface area contributed by atoms with Gasteiger partial charge in [-0.1, -0.05) is 12.1 Å². The molecule has 2 aliphatic heterocycles.